The molecule has 2 aromatic rings. The Hall–Kier alpha value is -1.85. The van der Waals surface area contributed by atoms with Gasteiger partial charge in [0.2, 0.25) is 10.0 Å². The van der Waals surface area contributed by atoms with Gasteiger partial charge in [0.15, 0.2) is 0 Å². The van der Waals surface area contributed by atoms with E-state index in [-0.39, 0.29) is 0 Å². The molecule has 4 nitrogen and oxygen atoms in total. The number of nitrogens with one attached hydrogen (secondary N) is 1. The molecule has 0 radical (unpaired) electrons. The van der Waals surface area contributed by atoms with Crippen molar-refractivity contribution in [1.29, 1.82) is 0 Å². The number of sulfonamides is 1. The maximum atomic E-state index is 12.8. The second-order valence-corrected chi connectivity index (χ2v) is 8.62. The van der Waals surface area contributed by atoms with Gasteiger partial charge in [0.05, 0.1) is 4.90 Å². The van der Waals surface area contributed by atoms with Crippen LogP contribution in [-0.2, 0) is 16.4 Å². The van der Waals surface area contributed by atoms with Gasteiger partial charge in [-0.1, -0.05) is 36.8 Å². The monoisotopic (exact) mass is 358 g/mol. The highest BCUT2D eigenvalue weighted by Crippen LogP contribution is 2.23. The zero-order chi connectivity index (χ0) is 17.9. The van der Waals surface area contributed by atoms with E-state index in [9.17, 15) is 8.42 Å². The molecule has 1 heterocycles. The summed E-state index contributed by atoms with van der Waals surface area (Å²) < 4.78 is 27.2. The van der Waals surface area contributed by atoms with Crippen LogP contribution in [0.15, 0.2) is 53.4 Å². The maximum absolute atomic E-state index is 12.8. The van der Waals surface area contributed by atoms with E-state index in [2.05, 4.69) is 43.4 Å². The zero-order valence-corrected chi connectivity index (χ0v) is 15.7. The molecular formula is C20H26N2O2S. The molecule has 1 aliphatic heterocycles. The third-order valence-corrected chi connectivity index (χ3v) is 6.76. The molecule has 0 bridgehead atoms. The van der Waals surface area contributed by atoms with Gasteiger partial charge < -0.3 is 5.32 Å². The van der Waals surface area contributed by atoms with Gasteiger partial charge in [0, 0.05) is 24.8 Å². The van der Waals surface area contributed by atoms with Crippen molar-refractivity contribution in [3.8, 4) is 0 Å². The molecule has 1 saturated heterocycles. The number of piperidine rings is 1. The quantitative estimate of drug-likeness (QED) is 0.884. The van der Waals surface area contributed by atoms with E-state index in [0.717, 1.165) is 30.5 Å². The first-order chi connectivity index (χ1) is 12.0. The van der Waals surface area contributed by atoms with E-state index in [0.29, 0.717) is 24.0 Å². The third-order valence-electron chi connectivity index (χ3n) is 4.85. The number of benzene rings is 2. The fourth-order valence-corrected chi connectivity index (χ4v) is 4.64. The van der Waals surface area contributed by atoms with Gasteiger partial charge in [-0.3, -0.25) is 0 Å². The van der Waals surface area contributed by atoms with Gasteiger partial charge in [-0.05, 0) is 56.0 Å². The highest BCUT2D eigenvalue weighted by molar-refractivity contribution is 7.89. The second kappa shape index (κ2) is 7.58. The summed E-state index contributed by atoms with van der Waals surface area (Å²) in [5.41, 5.74) is 3.49. The SMILES string of the molecule is CCc1ccc(S(=O)(=O)N2CCC(Nc3ccc(C)cc3)CC2)cc1. The summed E-state index contributed by atoms with van der Waals surface area (Å²) in [6, 6.07) is 15.9. The predicted molar refractivity (Wildman–Crippen MR) is 102 cm³/mol. The van der Waals surface area contributed by atoms with Crippen LogP contribution in [-0.4, -0.2) is 31.9 Å². The van der Waals surface area contributed by atoms with Gasteiger partial charge in [-0.2, -0.15) is 4.31 Å². The van der Waals surface area contributed by atoms with Crippen molar-refractivity contribution in [2.24, 2.45) is 0 Å². The van der Waals surface area contributed by atoms with Crippen LogP contribution in [0.1, 0.15) is 30.9 Å². The van der Waals surface area contributed by atoms with Crippen LogP contribution in [0.5, 0.6) is 0 Å². The van der Waals surface area contributed by atoms with Crippen LogP contribution in [0.25, 0.3) is 0 Å². The first-order valence-electron chi connectivity index (χ1n) is 8.91. The number of anilines is 1. The zero-order valence-electron chi connectivity index (χ0n) is 14.9. The Kier molecular flexibility index (Phi) is 5.45. The number of hydrogen-bond donors (Lipinski definition) is 1. The van der Waals surface area contributed by atoms with E-state index in [1.165, 1.54) is 5.56 Å². The first-order valence-corrected chi connectivity index (χ1v) is 10.4. The van der Waals surface area contributed by atoms with Crippen molar-refractivity contribution >= 4 is 15.7 Å². The van der Waals surface area contributed by atoms with Crippen molar-refractivity contribution in [3.05, 3.63) is 59.7 Å². The smallest absolute Gasteiger partial charge is 0.243 e. The van der Waals surface area contributed by atoms with E-state index in [1.807, 2.05) is 12.1 Å². The molecule has 1 fully saturated rings. The molecule has 1 aliphatic rings. The third kappa shape index (κ3) is 4.22. The minimum Gasteiger partial charge on any atom is -0.382 e. The lowest BCUT2D eigenvalue weighted by atomic mass is 10.1. The summed E-state index contributed by atoms with van der Waals surface area (Å²) in [7, 11) is -3.38. The lowest BCUT2D eigenvalue weighted by Crippen LogP contribution is -2.42. The highest BCUT2D eigenvalue weighted by atomic mass is 32.2. The van der Waals surface area contributed by atoms with Crippen LogP contribution in [0.3, 0.4) is 0 Å². The van der Waals surface area contributed by atoms with E-state index in [1.54, 1.807) is 16.4 Å². The lowest BCUT2D eigenvalue weighted by Gasteiger charge is -2.32. The molecule has 0 spiro atoms. The Bertz CT molecular complexity index is 791. The summed E-state index contributed by atoms with van der Waals surface area (Å²) in [5.74, 6) is 0. The van der Waals surface area contributed by atoms with E-state index < -0.39 is 10.0 Å². The Morgan fingerprint density at radius 1 is 1.00 bits per heavy atom. The van der Waals surface area contributed by atoms with Gasteiger partial charge in [0.25, 0.3) is 0 Å². The average molecular weight is 359 g/mol. The minimum atomic E-state index is -3.38. The number of aryl methyl sites for hydroxylation is 2. The van der Waals surface area contributed by atoms with E-state index in [4.69, 9.17) is 0 Å². The normalized spacial score (nSPS) is 16.7. The molecule has 0 saturated carbocycles. The molecule has 5 heteroatoms. The van der Waals surface area contributed by atoms with Gasteiger partial charge in [-0.15, -0.1) is 0 Å². The largest absolute Gasteiger partial charge is 0.382 e. The molecule has 25 heavy (non-hydrogen) atoms. The van der Waals surface area contributed by atoms with Crippen LogP contribution in [0.4, 0.5) is 5.69 Å². The molecule has 0 aliphatic carbocycles. The van der Waals surface area contributed by atoms with Crippen molar-refractivity contribution in [2.45, 2.75) is 44.0 Å². The van der Waals surface area contributed by atoms with Crippen molar-refractivity contribution in [1.82, 2.24) is 4.31 Å². The average Bonchev–Trinajstić information content (AvgIpc) is 2.64. The summed E-state index contributed by atoms with van der Waals surface area (Å²) in [6.45, 7) is 5.25. The van der Waals surface area contributed by atoms with Crippen LogP contribution >= 0.6 is 0 Å². The Balaban J connectivity index is 1.61. The molecule has 0 aromatic heterocycles. The summed E-state index contributed by atoms with van der Waals surface area (Å²) in [5, 5.41) is 3.51. The lowest BCUT2D eigenvalue weighted by molar-refractivity contribution is 0.330. The number of rotatable bonds is 5. The molecule has 1 N–H and O–H groups in total. The highest BCUT2D eigenvalue weighted by Gasteiger charge is 2.29. The fourth-order valence-electron chi connectivity index (χ4n) is 3.17. The van der Waals surface area contributed by atoms with Crippen LogP contribution < -0.4 is 5.32 Å². The summed E-state index contributed by atoms with van der Waals surface area (Å²) in [6.07, 6.45) is 2.55. The Morgan fingerprint density at radius 3 is 2.16 bits per heavy atom. The van der Waals surface area contributed by atoms with E-state index >= 15 is 0 Å². The van der Waals surface area contributed by atoms with Crippen molar-refractivity contribution in [2.75, 3.05) is 18.4 Å². The predicted octanol–water partition coefficient (Wildman–Crippen LogP) is 3.82. The van der Waals surface area contributed by atoms with Crippen molar-refractivity contribution < 1.29 is 8.42 Å². The maximum Gasteiger partial charge on any atom is 0.243 e. The topological polar surface area (TPSA) is 49.4 Å². The molecular weight excluding hydrogens is 332 g/mol. The molecule has 3 rings (SSSR count). The molecule has 134 valence electrons. The summed E-state index contributed by atoms with van der Waals surface area (Å²) in [4.78, 5) is 0.398. The molecule has 2 aromatic carbocycles. The van der Waals surface area contributed by atoms with Crippen LogP contribution in [0, 0.1) is 6.92 Å². The Labute approximate surface area is 150 Å². The number of nitrogens with zero attached hydrogens (tertiary/aromatic N) is 1. The Morgan fingerprint density at radius 2 is 1.60 bits per heavy atom. The molecule has 0 amide bonds. The molecule has 0 unspecified atom stereocenters. The van der Waals surface area contributed by atoms with Crippen molar-refractivity contribution in [3.63, 3.8) is 0 Å². The number of hydrogen-bond acceptors (Lipinski definition) is 3. The van der Waals surface area contributed by atoms with Gasteiger partial charge in [0.1, 0.15) is 0 Å². The summed E-state index contributed by atoms with van der Waals surface area (Å²) >= 11 is 0. The van der Waals surface area contributed by atoms with Gasteiger partial charge >= 0.3 is 0 Å². The molecule has 0 atom stereocenters. The standard InChI is InChI=1S/C20H26N2O2S/c1-3-17-6-10-20(11-7-17)25(23,24)22-14-12-19(13-15-22)21-18-8-4-16(2)5-9-18/h4-11,19,21H,3,12-15H2,1-2H3. The van der Waals surface area contributed by atoms with Gasteiger partial charge in [-0.25, -0.2) is 8.42 Å². The fraction of sp³-hybridized carbons (Fsp3) is 0.400. The van der Waals surface area contributed by atoms with Crippen LogP contribution in [0.2, 0.25) is 0 Å². The second-order valence-electron chi connectivity index (χ2n) is 6.69. The minimum absolute atomic E-state index is 0.316. The first kappa shape index (κ1) is 18.0.